The van der Waals surface area contributed by atoms with E-state index in [1.165, 1.54) is 19.3 Å². The fourth-order valence-corrected chi connectivity index (χ4v) is 2.71. The number of rotatable bonds is 8. The summed E-state index contributed by atoms with van der Waals surface area (Å²) in [5, 5.41) is 0. The van der Waals surface area contributed by atoms with Crippen LogP contribution in [0.5, 0.6) is 0 Å². The highest BCUT2D eigenvalue weighted by molar-refractivity contribution is 8.93. The number of hydrogen-bond donors (Lipinski definition) is 0. The van der Waals surface area contributed by atoms with E-state index in [2.05, 4.69) is 19.1 Å². The molecule has 0 spiro atoms. The fraction of sp³-hybridized carbons (Fsp3) is 0.435. The van der Waals surface area contributed by atoms with Gasteiger partial charge >= 0.3 is 0 Å². The molecule has 0 aliphatic heterocycles. The third-order valence-corrected chi connectivity index (χ3v) is 3.92. The van der Waals surface area contributed by atoms with Crippen molar-refractivity contribution in [3.63, 3.8) is 0 Å². The van der Waals surface area contributed by atoms with Crippen LogP contribution in [-0.4, -0.2) is 31.8 Å². The summed E-state index contributed by atoms with van der Waals surface area (Å²) >= 11 is 0. The predicted molar refractivity (Wildman–Crippen MR) is 119 cm³/mol. The molecule has 0 amide bonds. The number of unbranched alkanes of at least 4 members (excludes halogenated alkanes) is 3. The molecule has 0 N–H and O–H groups in total. The third kappa shape index (κ3) is 9.88. The van der Waals surface area contributed by atoms with Crippen molar-refractivity contribution in [2.45, 2.75) is 44.9 Å². The first-order valence-corrected chi connectivity index (χ1v) is 9.31. The van der Waals surface area contributed by atoms with E-state index in [9.17, 15) is 4.79 Å². The van der Waals surface area contributed by atoms with Crippen LogP contribution in [0.25, 0.3) is 0 Å². The molecule has 1 unspecified atom stereocenters. The Hall–Kier alpha value is -1.45. The van der Waals surface area contributed by atoms with Gasteiger partial charge in [-0.1, -0.05) is 93.3 Å². The van der Waals surface area contributed by atoms with Gasteiger partial charge in [0, 0.05) is 11.5 Å². The topological polar surface area (TPSA) is 20.3 Å². The van der Waals surface area contributed by atoms with E-state index in [4.69, 9.17) is 0 Å². The fourth-order valence-electron chi connectivity index (χ4n) is 2.71. The molecule has 0 heterocycles. The van der Waals surface area contributed by atoms with E-state index in [0.29, 0.717) is 0 Å². The monoisotopic (exact) mass is 419 g/mol. The van der Waals surface area contributed by atoms with Crippen molar-refractivity contribution >= 4 is 22.8 Å². The molecule has 0 fully saturated rings. The van der Waals surface area contributed by atoms with E-state index in [-0.39, 0.29) is 28.7 Å². The Balaban J connectivity index is 0.00000113. The second-order valence-corrected chi connectivity index (χ2v) is 6.88. The third-order valence-electron chi connectivity index (χ3n) is 3.92. The molecule has 0 aromatic heterocycles. The first-order chi connectivity index (χ1) is 12.1. The lowest BCUT2D eigenvalue weighted by atomic mass is 9.86. The molecule has 1 atom stereocenters. The van der Waals surface area contributed by atoms with Crippen molar-refractivity contribution in [1.82, 2.24) is 4.90 Å². The zero-order valence-electron chi connectivity index (χ0n) is 16.7. The average molecular weight is 420 g/mol. The van der Waals surface area contributed by atoms with Crippen LogP contribution in [0.2, 0.25) is 0 Å². The van der Waals surface area contributed by atoms with Crippen molar-refractivity contribution in [1.29, 1.82) is 0 Å². The molecule has 2 aromatic rings. The van der Waals surface area contributed by atoms with E-state index >= 15 is 0 Å². The molecule has 0 saturated carbocycles. The highest BCUT2D eigenvalue weighted by Crippen LogP contribution is 2.26. The summed E-state index contributed by atoms with van der Waals surface area (Å²) in [6.07, 6.45) is 5.75. The van der Waals surface area contributed by atoms with Crippen molar-refractivity contribution in [3.8, 4) is 0 Å². The standard InChI is InChI=1S/C20H24O.C3H9N.BrH/c1-2-3-4-11-16-19(17-12-7-5-8-13-17)20(21)18-14-9-6-10-15-18;1-4(2)3;/h5-10,12-15,19H,2-4,11,16H2,1H3;1-3H3;1H. The number of hydrogen-bond acceptors (Lipinski definition) is 2. The van der Waals surface area contributed by atoms with E-state index in [0.717, 1.165) is 24.0 Å². The Kier molecular flexibility index (Phi) is 13.9. The highest BCUT2D eigenvalue weighted by Gasteiger charge is 2.21. The minimum atomic E-state index is -0.00884. The van der Waals surface area contributed by atoms with Gasteiger partial charge in [0.05, 0.1) is 0 Å². The van der Waals surface area contributed by atoms with Crippen molar-refractivity contribution < 1.29 is 4.79 Å². The van der Waals surface area contributed by atoms with Crippen LogP contribution in [0.1, 0.15) is 60.9 Å². The Morgan fingerprint density at radius 1 is 0.846 bits per heavy atom. The summed E-state index contributed by atoms with van der Waals surface area (Å²) < 4.78 is 0. The van der Waals surface area contributed by atoms with Crippen LogP contribution >= 0.6 is 17.0 Å². The molecule has 2 rings (SSSR count). The summed E-state index contributed by atoms with van der Waals surface area (Å²) in [5.41, 5.74) is 1.96. The van der Waals surface area contributed by atoms with Crippen molar-refractivity contribution in [3.05, 3.63) is 71.8 Å². The van der Waals surface area contributed by atoms with Gasteiger partial charge in [-0.2, -0.15) is 0 Å². The largest absolute Gasteiger partial charge is 0.312 e. The number of ketones is 1. The molecule has 0 saturated heterocycles. The summed E-state index contributed by atoms with van der Waals surface area (Å²) in [5.74, 6) is 0.240. The maximum atomic E-state index is 12.8. The van der Waals surface area contributed by atoms with Crippen LogP contribution < -0.4 is 0 Å². The van der Waals surface area contributed by atoms with Gasteiger partial charge in [-0.05, 0) is 33.1 Å². The Labute approximate surface area is 170 Å². The number of Topliss-reactive ketones (excluding diaryl/α,β-unsaturated/α-hetero) is 1. The SMILES string of the molecule is Br.CCCCCCC(C(=O)c1ccccc1)c1ccccc1.CN(C)C. The maximum absolute atomic E-state index is 12.8. The Bertz CT molecular complexity index is 581. The smallest absolute Gasteiger partial charge is 0.170 e. The van der Waals surface area contributed by atoms with Crippen molar-refractivity contribution in [2.24, 2.45) is 0 Å². The van der Waals surface area contributed by atoms with Gasteiger partial charge in [0.15, 0.2) is 5.78 Å². The average Bonchev–Trinajstić information content (AvgIpc) is 2.62. The minimum Gasteiger partial charge on any atom is -0.312 e. The summed E-state index contributed by atoms with van der Waals surface area (Å²) in [6.45, 7) is 2.21. The van der Waals surface area contributed by atoms with Crippen LogP contribution in [0.15, 0.2) is 60.7 Å². The van der Waals surface area contributed by atoms with Gasteiger partial charge in [0.2, 0.25) is 0 Å². The number of halogens is 1. The van der Waals surface area contributed by atoms with Crippen LogP contribution in [-0.2, 0) is 0 Å². The lowest BCUT2D eigenvalue weighted by Gasteiger charge is -2.16. The highest BCUT2D eigenvalue weighted by atomic mass is 79.9. The Morgan fingerprint density at radius 3 is 1.85 bits per heavy atom. The molecule has 26 heavy (non-hydrogen) atoms. The van der Waals surface area contributed by atoms with E-state index in [1.54, 1.807) is 0 Å². The van der Waals surface area contributed by atoms with Crippen molar-refractivity contribution in [2.75, 3.05) is 21.1 Å². The number of benzene rings is 2. The Morgan fingerprint density at radius 2 is 1.35 bits per heavy atom. The number of carbonyl (C=O) groups is 1. The summed E-state index contributed by atoms with van der Waals surface area (Å²) in [4.78, 5) is 14.8. The van der Waals surface area contributed by atoms with Gasteiger partial charge in [0.25, 0.3) is 0 Å². The molecule has 0 aliphatic carbocycles. The molecule has 2 nitrogen and oxygen atoms in total. The molecule has 144 valence electrons. The second kappa shape index (κ2) is 14.7. The lowest BCUT2D eigenvalue weighted by molar-refractivity contribution is 0.0953. The molecular formula is C23H34BrNO. The minimum absolute atomic E-state index is 0. The summed E-state index contributed by atoms with van der Waals surface area (Å²) in [7, 11) is 6.00. The number of carbonyl (C=O) groups excluding carboxylic acids is 1. The van der Waals surface area contributed by atoms with Crippen LogP contribution in [0.4, 0.5) is 0 Å². The zero-order valence-corrected chi connectivity index (χ0v) is 18.4. The van der Waals surface area contributed by atoms with E-state index in [1.807, 2.05) is 74.6 Å². The molecule has 0 bridgehead atoms. The lowest BCUT2D eigenvalue weighted by Crippen LogP contribution is -2.13. The molecule has 0 radical (unpaired) electrons. The van der Waals surface area contributed by atoms with Gasteiger partial charge in [-0.15, -0.1) is 17.0 Å². The first-order valence-electron chi connectivity index (χ1n) is 9.31. The molecule has 2 aromatic carbocycles. The van der Waals surface area contributed by atoms with Gasteiger partial charge in [-0.25, -0.2) is 0 Å². The van der Waals surface area contributed by atoms with Gasteiger partial charge < -0.3 is 4.90 Å². The summed E-state index contributed by atoms with van der Waals surface area (Å²) in [6, 6.07) is 19.9. The predicted octanol–water partition coefficient (Wildman–Crippen LogP) is 6.38. The molecular weight excluding hydrogens is 386 g/mol. The quantitative estimate of drug-likeness (QED) is 0.365. The normalized spacial score (nSPS) is 11.1. The maximum Gasteiger partial charge on any atom is 0.170 e. The first kappa shape index (κ1) is 24.6. The van der Waals surface area contributed by atoms with Crippen LogP contribution in [0, 0.1) is 0 Å². The number of nitrogens with zero attached hydrogens (tertiary/aromatic N) is 1. The molecule has 0 aliphatic rings. The zero-order chi connectivity index (χ0) is 18.5. The van der Waals surface area contributed by atoms with Gasteiger partial charge in [-0.3, -0.25) is 4.79 Å². The second-order valence-electron chi connectivity index (χ2n) is 6.88. The van der Waals surface area contributed by atoms with Gasteiger partial charge in [0.1, 0.15) is 0 Å². The van der Waals surface area contributed by atoms with E-state index < -0.39 is 0 Å². The molecule has 3 heteroatoms. The van der Waals surface area contributed by atoms with Crippen LogP contribution in [0.3, 0.4) is 0 Å².